The number of anilines is 1. The first kappa shape index (κ1) is 18.6. The molecule has 8 heteroatoms. The highest BCUT2D eigenvalue weighted by atomic mass is 32.2. The topological polar surface area (TPSA) is 78.8 Å². The van der Waals surface area contributed by atoms with E-state index in [0.29, 0.717) is 30.8 Å². The van der Waals surface area contributed by atoms with Gasteiger partial charge in [-0.3, -0.25) is 4.79 Å². The number of nitrogens with one attached hydrogen (secondary N) is 1. The summed E-state index contributed by atoms with van der Waals surface area (Å²) < 4.78 is 28.7. The van der Waals surface area contributed by atoms with E-state index in [1.165, 1.54) is 12.1 Å². The summed E-state index contributed by atoms with van der Waals surface area (Å²) in [6, 6.07) is 8.13. The predicted octanol–water partition coefficient (Wildman–Crippen LogP) is 3.13. The molecule has 1 aliphatic rings. The lowest BCUT2D eigenvalue weighted by atomic mass is 10.2. The number of likely N-dealkylation sites (tertiary alicyclic amines) is 1. The summed E-state index contributed by atoms with van der Waals surface area (Å²) in [7, 11) is -1.88. The molecular formula is C18H21N3O3S2. The van der Waals surface area contributed by atoms with Crippen LogP contribution in [0, 0.1) is 0 Å². The monoisotopic (exact) mass is 391 g/mol. The number of thiophene rings is 1. The molecule has 2 aromatic rings. The van der Waals surface area contributed by atoms with Gasteiger partial charge in [0.2, 0.25) is 5.91 Å². The zero-order chi connectivity index (χ0) is 18.6. The lowest BCUT2D eigenvalue weighted by Gasteiger charge is -2.11. The lowest BCUT2D eigenvalue weighted by Crippen LogP contribution is -2.20. The Hall–Kier alpha value is -2.19. The van der Waals surface area contributed by atoms with Crippen LogP contribution in [-0.4, -0.2) is 38.7 Å². The van der Waals surface area contributed by atoms with E-state index in [9.17, 15) is 13.2 Å². The van der Waals surface area contributed by atoms with E-state index in [0.717, 1.165) is 18.5 Å². The van der Waals surface area contributed by atoms with Crippen molar-refractivity contribution >= 4 is 38.8 Å². The molecule has 138 valence electrons. The van der Waals surface area contributed by atoms with E-state index in [4.69, 9.17) is 0 Å². The maximum atomic E-state index is 12.4. The highest BCUT2D eigenvalue weighted by Crippen LogP contribution is 2.19. The Balaban J connectivity index is 1.61. The van der Waals surface area contributed by atoms with Gasteiger partial charge < -0.3 is 10.2 Å². The Morgan fingerprint density at radius 1 is 1.27 bits per heavy atom. The van der Waals surface area contributed by atoms with E-state index < -0.39 is 10.0 Å². The van der Waals surface area contributed by atoms with Gasteiger partial charge in [-0.25, -0.2) is 0 Å². The fraction of sp³-hybridized carbons (Fsp3) is 0.333. The van der Waals surface area contributed by atoms with Crippen LogP contribution in [0.3, 0.4) is 0 Å². The largest absolute Gasteiger partial charge is 0.362 e. The number of carbonyl (C=O) groups is 1. The SMILES string of the molecule is CN1CCC/C1=N/S(=O)(=O)c1ccc(NC(=O)CCc2ccsc2)cc1. The second-order valence-electron chi connectivity index (χ2n) is 6.21. The Morgan fingerprint density at radius 2 is 2.04 bits per heavy atom. The van der Waals surface area contributed by atoms with Crippen molar-refractivity contribution in [2.75, 3.05) is 18.9 Å². The third-order valence-corrected chi connectivity index (χ3v) is 6.27. The van der Waals surface area contributed by atoms with Crippen LogP contribution in [0.15, 0.2) is 50.4 Å². The van der Waals surface area contributed by atoms with E-state index in [1.54, 1.807) is 23.5 Å². The molecule has 0 bridgehead atoms. The maximum absolute atomic E-state index is 12.4. The Bertz CT molecular complexity index is 888. The van der Waals surface area contributed by atoms with Crippen molar-refractivity contribution in [3.63, 3.8) is 0 Å². The normalized spacial score (nSPS) is 16.2. The van der Waals surface area contributed by atoms with Crippen molar-refractivity contribution in [2.45, 2.75) is 30.6 Å². The van der Waals surface area contributed by atoms with E-state index in [2.05, 4.69) is 9.71 Å². The fourth-order valence-corrected chi connectivity index (χ4v) is 4.52. The Labute approximate surface area is 157 Å². The van der Waals surface area contributed by atoms with Crippen LogP contribution < -0.4 is 5.32 Å². The van der Waals surface area contributed by atoms with E-state index in [-0.39, 0.29) is 10.8 Å². The molecular weight excluding hydrogens is 370 g/mol. The molecule has 1 aromatic heterocycles. The minimum atomic E-state index is -3.73. The van der Waals surface area contributed by atoms with Crippen LogP contribution in [0.4, 0.5) is 5.69 Å². The van der Waals surface area contributed by atoms with Gasteiger partial charge in [0.15, 0.2) is 0 Å². The van der Waals surface area contributed by atoms with Gasteiger partial charge in [0, 0.05) is 32.1 Å². The summed E-state index contributed by atoms with van der Waals surface area (Å²) in [5.41, 5.74) is 1.72. The molecule has 3 rings (SSSR count). The van der Waals surface area contributed by atoms with Crippen LogP contribution in [-0.2, 0) is 21.2 Å². The smallest absolute Gasteiger partial charge is 0.283 e. The molecule has 2 heterocycles. The molecule has 1 aliphatic heterocycles. The van der Waals surface area contributed by atoms with Gasteiger partial charge in [0.25, 0.3) is 10.0 Å². The predicted molar refractivity (Wildman–Crippen MR) is 104 cm³/mol. The second kappa shape index (κ2) is 8.01. The van der Waals surface area contributed by atoms with Crippen molar-refractivity contribution in [1.29, 1.82) is 0 Å². The average Bonchev–Trinajstić information content (AvgIpc) is 3.26. The van der Waals surface area contributed by atoms with E-state index >= 15 is 0 Å². The first-order valence-electron chi connectivity index (χ1n) is 8.40. The molecule has 26 heavy (non-hydrogen) atoms. The molecule has 0 unspecified atom stereocenters. The van der Waals surface area contributed by atoms with Gasteiger partial charge in [0.1, 0.15) is 5.84 Å². The van der Waals surface area contributed by atoms with Gasteiger partial charge in [0.05, 0.1) is 4.90 Å². The van der Waals surface area contributed by atoms with Gasteiger partial charge in [-0.2, -0.15) is 19.8 Å². The van der Waals surface area contributed by atoms with Gasteiger partial charge in [-0.1, -0.05) is 0 Å². The highest BCUT2D eigenvalue weighted by molar-refractivity contribution is 7.90. The molecule has 6 nitrogen and oxygen atoms in total. The number of amidine groups is 1. The van der Waals surface area contributed by atoms with Gasteiger partial charge in [-0.05, 0) is 59.5 Å². The summed E-state index contributed by atoms with van der Waals surface area (Å²) in [4.78, 5) is 14.0. The van der Waals surface area contributed by atoms with Gasteiger partial charge >= 0.3 is 0 Å². The molecule has 0 spiro atoms. The summed E-state index contributed by atoms with van der Waals surface area (Å²) in [5, 5.41) is 6.80. The number of hydrogen-bond donors (Lipinski definition) is 1. The standard InChI is InChI=1S/C18H21N3O3S2/c1-21-11-2-3-17(21)20-26(23,24)16-7-5-15(6-8-16)19-18(22)9-4-14-10-12-25-13-14/h5-8,10,12-13H,2-4,9,11H2,1H3,(H,19,22)/b20-17-. The minimum absolute atomic E-state index is 0.0976. The molecule has 1 aromatic carbocycles. The number of nitrogens with zero attached hydrogens (tertiary/aromatic N) is 2. The van der Waals surface area contributed by atoms with Gasteiger partial charge in [-0.15, -0.1) is 4.40 Å². The second-order valence-corrected chi connectivity index (χ2v) is 8.60. The number of hydrogen-bond acceptors (Lipinski definition) is 4. The number of sulfonamides is 1. The van der Waals surface area contributed by atoms with Crippen LogP contribution in [0.1, 0.15) is 24.8 Å². The summed E-state index contributed by atoms with van der Waals surface area (Å²) in [6.45, 7) is 0.824. The zero-order valence-corrected chi connectivity index (χ0v) is 16.1. The van der Waals surface area contributed by atoms with Crippen molar-refractivity contribution in [2.24, 2.45) is 4.40 Å². The van der Waals surface area contributed by atoms with Crippen LogP contribution >= 0.6 is 11.3 Å². The quantitative estimate of drug-likeness (QED) is 0.820. The maximum Gasteiger partial charge on any atom is 0.283 e. The summed E-state index contributed by atoms with van der Waals surface area (Å²) in [5.74, 6) is 0.496. The fourth-order valence-electron chi connectivity index (χ4n) is 2.73. The molecule has 1 N–H and O–H groups in total. The van der Waals surface area contributed by atoms with Crippen LogP contribution in [0.2, 0.25) is 0 Å². The number of benzene rings is 1. The van der Waals surface area contributed by atoms with Crippen molar-refractivity contribution in [3.05, 3.63) is 46.7 Å². The molecule has 0 radical (unpaired) electrons. The molecule has 0 saturated carbocycles. The third kappa shape index (κ3) is 4.70. The number of amides is 1. The summed E-state index contributed by atoms with van der Waals surface area (Å²) >= 11 is 1.61. The van der Waals surface area contributed by atoms with E-state index in [1.807, 2.05) is 28.8 Å². The number of rotatable bonds is 6. The first-order valence-corrected chi connectivity index (χ1v) is 10.8. The molecule has 0 atom stereocenters. The minimum Gasteiger partial charge on any atom is -0.362 e. The van der Waals surface area contributed by atoms with Crippen LogP contribution in [0.5, 0.6) is 0 Å². The number of aryl methyl sites for hydroxylation is 1. The first-order chi connectivity index (χ1) is 12.4. The third-order valence-electron chi connectivity index (χ3n) is 4.22. The Kier molecular flexibility index (Phi) is 5.73. The molecule has 1 amide bonds. The van der Waals surface area contributed by atoms with Crippen LogP contribution in [0.25, 0.3) is 0 Å². The average molecular weight is 392 g/mol. The van der Waals surface area contributed by atoms with Crippen molar-refractivity contribution < 1.29 is 13.2 Å². The lowest BCUT2D eigenvalue weighted by molar-refractivity contribution is -0.116. The number of carbonyl (C=O) groups excluding carboxylic acids is 1. The van der Waals surface area contributed by atoms with Crippen molar-refractivity contribution in [3.8, 4) is 0 Å². The molecule has 1 saturated heterocycles. The molecule has 1 fully saturated rings. The van der Waals surface area contributed by atoms with Crippen molar-refractivity contribution in [1.82, 2.24) is 4.90 Å². The molecule has 0 aliphatic carbocycles. The zero-order valence-electron chi connectivity index (χ0n) is 14.5. The Morgan fingerprint density at radius 3 is 2.65 bits per heavy atom. The highest BCUT2D eigenvalue weighted by Gasteiger charge is 2.20. The summed E-state index contributed by atoms with van der Waals surface area (Å²) in [6.07, 6.45) is 2.67.